The Hall–Kier alpha value is -0.400. The van der Waals surface area contributed by atoms with Gasteiger partial charge in [-0.05, 0) is 24.6 Å². The standard InChI is InChI=1S/C9H10Cl2O/c1-7(11)12-9-4-2-8(6-10)3-5-9/h2-5,7H,6H2,1H3. The predicted octanol–water partition coefficient (Wildman–Crippen LogP) is 3.39. The highest BCUT2D eigenvalue weighted by Gasteiger charge is 1.97. The Morgan fingerprint density at radius 1 is 1.33 bits per heavy atom. The number of ether oxygens (including phenoxy) is 1. The van der Waals surface area contributed by atoms with Crippen molar-refractivity contribution < 1.29 is 4.74 Å². The molecule has 66 valence electrons. The molecule has 1 rings (SSSR count). The molecule has 0 saturated heterocycles. The summed E-state index contributed by atoms with van der Waals surface area (Å²) in [4.78, 5) is 0. The minimum absolute atomic E-state index is 0.299. The van der Waals surface area contributed by atoms with Crippen LogP contribution in [0.2, 0.25) is 0 Å². The molecule has 1 unspecified atom stereocenters. The van der Waals surface area contributed by atoms with E-state index in [1.54, 1.807) is 6.92 Å². The Balaban J connectivity index is 2.65. The molecule has 0 fully saturated rings. The number of benzene rings is 1. The topological polar surface area (TPSA) is 9.23 Å². The van der Waals surface area contributed by atoms with Crippen LogP contribution < -0.4 is 4.74 Å². The molecular formula is C9H10Cl2O. The lowest BCUT2D eigenvalue weighted by molar-refractivity contribution is 0.301. The molecule has 0 aromatic heterocycles. The zero-order valence-electron chi connectivity index (χ0n) is 6.76. The third-order valence-corrected chi connectivity index (χ3v) is 1.77. The summed E-state index contributed by atoms with van der Waals surface area (Å²) in [6, 6.07) is 7.55. The van der Waals surface area contributed by atoms with Crippen LogP contribution in [-0.4, -0.2) is 5.56 Å². The fourth-order valence-corrected chi connectivity index (χ4v) is 1.13. The number of alkyl halides is 2. The van der Waals surface area contributed by atoms with Gasteiger partial charge in [0.05, 0.1) is 0 Å². The van der Waals surface area contributed by atoms with Crippen molar-refractivity contribution in [1.29, 1.82) is 0 Å². The summed E-state index contributed by atoms with van der Waals surface area (Å²) in [6.45, 7) is 1.77. The molecule has 0 amide bonds. The fourth-order valence-electron chi connectivity index (χ4n) is 0.845. The molecule has 0 saturated carbocycles. The normalized spacial score (nSPS) is 12.6. The van der Waals surface area contributed by atoms with Crippen molar-refractivity contribution in [2.24, 2.45) is 0 Å². The Labute approximate surface area is 82.2 Å². The molecule has 0 radical (unpaired) electrons. The van der Waals surface area contributed by atoms with Crippen molar-refractivity contribution in [2.75, 3.05) is 0 Å². The van der Waals surface area contributed by atoms with Gasteiger partial charge in [0.1, 0.15) is 5.75 Å². The maximum atomic E-state index is 5.64. The smallest absolute Gasteiger partial charge is 0.169 e. The van der Waals surface area contributed by atoms with Gasteiger partial charge < -0.3 is 4.74 Å². The van der Waals surface area contributed by atoms with Crippen molar-refractivity contribution in [3.05, 3.63) is 29.8 Å². The van der Waals surface area contributed by atoms with Crippen molar-refractivity contribution in [2.45, 2.75) is 18.4 Å². The first-order valence-corrected chi connectivity index (χ1v) is 4.65. The van der Waals surface area contributed by atoms with Gasteiger partial charge in [0.15, 0.2) is 5.56 Å². The van der Waals surface area contributed by atoms with E-state index in [-0.39, 0.29) is 5.56 Å². The molecule has 0 heterocycles. The molecule has 0 bridgehead atoms. The molecular weight excluding hydrogens is 195 g/mol. The average molecular weight is 205 g/mol. The summed E-state index contributed by atoms with van der Waals surface area (Å²) >= 11 is 11.3. The maximum absolute atomic E-state index is 5.64. The SMILES string of the molecule is CC(Cl)Oc1ccc(CCl)cc1. The lowest BCUT2D eigenvalue weighted by atomic mass is 10.2. The van der Waals surface area contributed by atoms with E-state index in [1.165, 1.54) is 0 Å². The highest BCUT2D eigenvalue weighted by molar-refractivity contribution is 6.19. The van der Waals surface area contributed by atoms with Crippen molar-refractivity contribution in [1.82, 2.24) is 0 Å². The second-order valence-corrected chi connectivity index (χ2v) is 3.32. The quantitative estimate of drug-likeness (QED) is 0.687. The molecule has 0 aliphatic carbocycles. The summed E-state index contributed by atoms with van der Waals surface area (Å²) in [6.07, 6.45) is 0. The zero-order valence-corrected chi connectivity index (χ0v) is 8.27. The van der Waals surface area contributed by atoms with E-state index in [1.807, 2.05) is 24.3 Å². The van der Waals surface area contributed by atoms with Crippen LogP contribution >= 0.6 is 23.2 Å². The monoisotopic (exact) mass is 204 g/mol. The van der Waals surface area contributed by atoms with Gasteiger partial charge in [0.25, 0.3) is 0 Å². The van der Waals surface area contributed by atoms with Crippen LogP contribution in [0, 0.1) is 0 Å². The predicted molar refractivity (Wildman–Crippen MR) is 51.9 cm³/mol. The number of rotatable bonds is 3. The molecule has 1 aromatic rings. The highest BCUT2D eigenvalue weighted by Crippen LogP contribution is 2.15. The average Bonchev–Trinajstić information content (AvgIpc) is 2.05. The first-order valence-electron chi connectivity index (χ1n) is 3.68. The highest BCUT2D eigenvalue weighted by atomic mass is 35.5. The second-order valence-electron chi connectivity index (χ2n) is 2.44. The molecule has 0 aliphatic rings. The van der Waals surface area contributed by atoms with E-state index in [2.05, 4.69) is 0 Å². The lowest BCUT2D eigenvalue weighted by Crippen LogP contribution is -2.01. The van der Waals surface area contributed by atoms with Crippen LogP contribution in [-0.2, 0) is 5.88 Å². The van der Waals surface area contributed by atoms with Gasteiger partial charge in [-0.1, -0.05) is 23.7 Å². The Morgan fingerprint density at radius 3 is 2.33 bits per heavy atom. The molecule has 1 aromatic carbocycles. The molecule has 1 nitrogen and oxygen atoms in total. The summed E-state index contributed by atoms with van der Waals surface area (Å²) in [7, 11) is 0. The van der Waals surface area contributed by atoms with Crippen molar-refractivity contribution in [3.63, 3.8) is 0 Å². The van der Waals surface area contributed by atoms with Crippen LogP contribution in [0.25, 0.3) is 0 Å². The minimum atomic E-state index is -0.299. The van der Waals surface area contributed by atoms with Gasteiger partial charge >= 0.3 is 0 Å². The van der Waals surface area contributed by atoms with E-state index in [9.17, 15) is 0 Å². The van der Waals surface area contributed by atoms with Crippen LogP contribution in [0.15, 0.2) is 24.3 Å². The Kier molecular flexibility index (Phi) is 3.70. The fraction of sp³-hybridized carbons (Fsp3) is 0.333. The van der Waals surface area contributed by atoms with Gasteiger partial charge in [0.2, 0.25) is 0 Å². The third kappa shape index (κ3) is 2.92. The van der Waals surface area contributed by atoms with Crippen molar-refractivity contribution >= 4 is 23.2 Å². The molecule has 0 spiro atoms. The molecule has 0 N–H and O–H groups in total. The molecule has 12 heavy (non-hydrogen) atoms. The third-order valence-electron chi connectivity index (χ3n) is 1.38. The van der Waals surface area contributed by atoms with Crippen LogP contribution in [0.5, 0.6) is 5.75 Å². The van der Waals surface area contributed by atoms with Gasteiger partial charge in [-0.2, -0.15) is 0 Å². The van der Waals surface area contributed by atoms with E-state index in [0.717, 1.165) is 11.3 Å². The largest absolute Gasteiger partial charge is 0.475 e. The number of halogens is 2. The van der Waals surface area contributed by atoms with E-state index >= 15 is 0 Å². The maximum Gasteiger partial charge on any atom is 0.169 e. The Bertz CT molecular complexity index is 231. The summed E-state index contributed by atoms with van der Waals surface area (Å²) in [5.41, 5.74) is 0.776. The summed E-state index contributed by atoms with van der Waals surface area (Å²) in [5, 5.41) is 0. The number of hydrogen-bond donors (Lipinski definition) is 0. The van der Waals surface area contributed by atoms with E-state index < -0.39 is 0 Å². The van der Waals surface area contributed by atoms with Gasteiger partial charge in [0, 0.05) is 5.88 Å². The van der Waals surface area contributed by atoms with E-state index in [0.29, 0.717) is 5.88 Å². The molecule has 1 atom stereocenters. The van der Waals surface area contributed by atoms with Crippen LogP contribution in [0.4, 0.5) is 0 Å². The number of hydrogen-bond acceptors (Lipinski definition) is 1. The second kappa shape index (κ2) is 4.58. The minimum Gasteiger partial charge on any atom is -0.475 e. The summed E-state index contributed by atoms with van der Waals surface area (Å²) < 4.78 is 5.24. The summed E-state index contributed by atoms with van der Waals surface area (Å²) in [5.74, 6) is 1.29. The van der Waals surface area contributed by atoms with Crippen LogP contribution in [0.3, 0.4) is 0 Å². The van der Waals surface area contributed by atoms with E-state index in [4.69, 9.17) is 27.9 Å². The van der Waals surface area contributed by atoms with Crippen LogP contribution in [0.1, 0.15) is 12.5 Å². The van der Waals surface area contributed by atoms with Gasteiger partial charge in [-0.15, -0.1) is 11.6 Å². The zero-order chi connectivity index (χ0) is 8.97. The first-order chi connectivity index (χ1) is 5.72. The first kappa shape index (κ1) is 9.69. The van der Waals surface area contributed by atoms with Gasteiger partial charge in [-0.25, -0.2) is 0 Å². The van der Waals surface area contributed by atoms with Gasteiger partial charge in [-0.3, -0.25) is 0 Å². The lowest BCUT2D eigenvalue weighted by Gasteiger charge is -2.07. The molecule has 0 aliphatic heterocycles. The molecule has 3 heteroatoms. The van der Waals surface area contributed by atoms with Crippen molar-refractivity contribution in [3.8, 4) is 5.75 Å². The Morgan fingerprint density at radius 2 is 1.92 bits per heavy atom.